The van der Waals surface area contributed by atoms with Crippen LogP contribution < -0.4 is 10.6 Å². The maximum atomic E-state index is 12.1. The van der Waals surface area contributed by atoms with Crippen molar-refractivity contribution in [2.45, 2.75) is 19.4 Å². The Kier molecular flexibility index (Phi) is 6.25. The minimum absolute atomic E-state index is 0.253. The van der Waals surface area contributed by atoms with Gasteiger partial charge in [-0.3, -0.25) is 9.78 Å². The van der Waals surface area contributed by atoms with Crippen LogP contribution in [0.2, 0.25) is 0 Å². The van der Waals surface area contributed by atoms with Crippen molar-refractivity contribution in [1.82, 2.24) is 20.5 Å². The molecule has 0 aliphatic rings. The highest BCUT2D eigenvalue weighted by Crippen LogP contribution is 2.05. The predicted octanol–water partition coefficient (Wildman–Crippen LogP) is 2.85. The Morgan fingerprint density at radius 1 is 0.923 bits per heavy atom. The van der Waals surface area contributed by atoms with E-state index in [4.69, 9.17) is 0 Å². The molecule has 0 spiro atoms. The van der Waals surface area contributed by atoms with Gasteiger partial charge in [0.1, 0.15) is 5.82 Å². The van der Waals surface area contributed by atoms with Crippen molar-refractivity contribution in [1.29, 1.82) is 0 Å². The zero-order chi connectivity index (χ0) is 18.0. The molecule has 0 bridgehead atoms. The Bertz CT molecular complexity index is 807. The highest BCUT2D eigenvalue weighted by Gasteiger charge is 2.08. The SMILES string of the molecule is O=C(NCc1cccnc1)c1ccc(NCCCc2ccccc2)nn1. The summed E-state index contributed by atoms with van der Waals surface area (Å²) in [6.07, 6.45) is 5.42. The van der Waals surface area contributed by atoms with Crippen LogP contribution in [-0.4, -0.2) is 27.6 Å². The van der Waals surface area contributed by atoms with Gasteiger partial charge in [-0.15, -0.1) is 10.2 Å². The first kappa shape index (κ1) is 17.5. The van der Waals surface area contributed by atoms with E-state index in [9.17, 15) is 4.79 Å². The molecule has 0 radical (unpaired) electrons. The number of nitrogens with zero attached hydrogens (tertiary/aromatic N) is 3. The van der Waals surface area contributed by atoms with Crippen LogP contribution in [0.4, 0.5) is 5.82 Å². The molecular weight excluding hydrogens is 326 g/mol. The first-order valence-electron chi connectivity index (χ1n) is 8.60. The molecule has 1 aromatic carbocycles. The third-order valence-corrected chi connectivity index (χ3v) is 3.86. The second-order valence-corrected chi connectivity index (χ2v) is 5.86. The van der Waals surface area contributed by atoms with Gasteiger partial charge in [-0.1, -0.05) is 36.4 Å². The normalized spacial score (nSPS) is 10.3. The number of hydrogen-bond donors (Lipinski definition) is 2. The van der Waals surface area contributed by atoms with Crippen molar-refractivity contribution in [2.75, 3.05) is 11.9 Å². The number of pyridine rings is 1. The Balaban J connectivity index is 1.42. The van der Waals surface area contributed by atoms with Crippen molar-refractivity contribution < 1.29 is 4.79 Å². The Morgan fingerprint density at radius 2 is 1.77 bits per heavy atom. The van der Waals surface area contributed by atoms with Crippen LogP contribution >= 0.6 is 0 Å². The second-order valence-electron chi connectivity index (χ2n) is 5.86. The van der Waals surface area contributed by atoms with Crippen molar-refractivity contribution in [3.05, 3.63) is 83.8 Å². The van der Waals surface area contributed by atoms with Crippen molar-refractivity contribution >= 4 is 11.7 Å². The second kappa shape index (κ2) is 9.27. The van der Waals surface area contributed by atoms with Crippen LogP contribution in [0, 0.1) is 0 Å². The fourth-order valence-corrected chi connectivity index (χ4v) is 2.48. The Hall–Kier alpha value is -3.28. The smallest absolute Gasteiger partial charge is 0.272 e. The van der Waals surface area contributed by atoms with Crippen LogP contribution in [0.15, 0.2) is 67.0 Å². The average Bonchev–Trinajstić information content (AvgIpc) is 2.71. The molecule has 0 unspecified atom stereocenters. The number of hydrogen-bond acceptors (Lipinski definition) is 5. The monoisotopic (exact) mass is 347 g/mol. The molecule has 0 saturated heterocycles. The summed E-state index contributed by atoms with van der Waals surface area (Å²) in [5.41, 5.74) is 2.55. The molecule has 0 aliphatic carbocycles. The number of benzene rings is 1. The molecule has 26 heavy (non-hydrogen) atoms. The summed E-state index contributed by atoms with van der Waals surface area (Å²) in [7, 11) is 0. The molecule has 1 amide bonds. The number of rotatable bonds is 8. The number of nitrogens with one attached hydrogen (secondary N) is 2. The van der Waals surface area contributed by atoms with Crippen LogP contribution in [0.1, 0.15) is 28.0 Å². The van der Waals surface area contributed by atoms with Crippen molar-refractivity contribution in [3.63, 3.8) is 0 Å². The summed E-state index contributed by atoms with van der Waals surface area (Å²) < 4.78 is 0. The van der Waals surface area contributed by atoms with E-state index < -0.39 is 0 Å². The van der Waals surface area contributed by atoms with Gasteiger partial charge < -0.3 is 10.6 Å². The number of carbonyl (C=O) groups excluding carboxylic acids is 1. The fraction of sp³-hybridized carbons (Fsp3) is 0.200. The molecule has 0 atom stereocenters. The average molecular weight is 347 g/mol. The summed E-state index contributed by atoms with van der Waals surface area (Å²) in [5, 5.41) is 14.1. The molecule has 3 aromatic rings. The molecule has 6 heteroatoms. The van der Waals surface area contributed by atoms with E-state index in [1.807, 2.05) is 30.3 Å². The number of aromatic nitrogens is 3. The lowest BCUT2D eigenvalue weighted by Gasteiger charge is -2.07. The van der Waals surface area contributed by atoms with E-state index >= 15 is 0 Å². The van der Waals surface area contributed by atoms with Gasteiger partial charge in [0.05, 0.1) is 0 Å². The summed E-state index contributed by atoms with van der Waals surface area (Å²) >= 11 is 0. The van der Waals surface area contributed by atoms with E-state index in [1.54, 1.807) is 24.5 Å². The van der Waals surface area contributed by atoms with Gasteiger partial charge in [0.2, 0.25) is 0 Å². The zero-order valence-electron chi connectivity index (χ0n) is 14.4. The minimum Gasteiger partial charge on any atom is -0.369 e. The van der Waals surface area contributed by atoms with Crippen molar-refractivity contribution in [3.8, 4) is 0 Å². The number of amides is 1. The largest absolute Gasteiger partial charge is 0.369 e. The molecule has 132 valence electrons. The van der Waals surface area contributed by atoms with Crippen LogP contribution in [0.5, 0.6) is 0 Å². The molecule has 2 heterocycles. The highest BCUT2D eigenvalue weighted by atomic mass is 16.1. The van der Waals surface area contributed by atoms with E-state index in [0.29, 0.717) is 18.1 Å². The third-order valence-electron chi connectivity index (χ3n) is 3.86. The summed E-state index contributed by atoms with van der Waals surface area (Å²) in [5.74, 6) is 0.416. The van der Waals surface area contributed by atoms with Gasteiger partial charge in [-0.05, 0) is 42.2 Å². The third kappa shape index (κ3) is 5.37. The molecule has 0 fully saturated rings. The lowest BCUT2D eigenvalue weighted by Crippen LogP contribution is -2.24. The topological polar surface area (TPSA) is 79.8 Å². The summed E-state index contributed by atoms with van der Waals surface area (Å²) in [4.78, 5) is 16.1. The van der Waals surface area contributed by atoms with E-state index in [-0.39, 0.29) is 5.91 Å². The lowest BCUT2D eigenvalue weighted by molar-refractivity contribution is 0.0945. The maximum absolute atomic E-state index is 12.1. The molecule has 0 saturated carbocycles. The first-order valence-corrected chi connectivity index (χ1v) is 8.60. The predicted molar refractivity (Wildman–Crippen MR) is 101 cm³/mol. The molecule has 6 nitrogen and oxygen atoms in total. The maximum Gasteiger partial charge on any atom is 0.272 e. The van der Waals surface area contributed by atoms with Crippen LogP contribution in [0.25, 0.3) is 0 Å². The van der Waals surface area contributed by atoms with E-state index in [1.165, 1.54) is 5.56 Å². The van der Waals surface area contributed by atoms with Gasteiger partial charge in [-0.25, -0.2) is 0 Å². The summed E-state index contributed by atoms with van der Waals surface area (Å²) in [6, 6.07) is 17.5. The fourth-order valence-electron chi connectivity index (χ4n) is 2.48. The molecule has 3 rings (SSSR count). The van der Waals surface area contributed by atoms with Crippen LogP contribution in [0.3, 0.4) is 0 Å². The quantitative estimate of drug-likeness (QED) is 0.613. The molecule has 2 aromatic heterocycles. The van der Waals surface area contributed by atoms with Gasteiger partial charge in [0, 0.05) is 25.5 Å². The number of carbonyl (C=O) groups is 1. The lowest BCUT2D eigenvalue weighted by atomic mass is 10.1. The van der Waals surface area contributed by atoms with E-state index in [2.05, 4.69) is 37.9 Å². The standard InChI is InChI=1S/C20H21N5O/c26-20(23-15-17-9-4-12-21-14-17)18-10-11-19(25-24-18)22-13-5-8-16-6-2-1-3-7-16/h1-4,6-7,9-12,14H,5,8,13,15H2,(H,22,25)(H,23,26). The van der Waals surface area contributed by atoms with Gasteiger partial charge in [0.25, 0.3) is 5.91 Å². The van der Waals surface area contributed by atoms with Crippen LogP contribution in [-0.2, 0) is 13.0 Å². The van der Waals surface area contributed by atoms with Gasteiger partial charge in [0.15, 0.2) is 5.69 Å². The Labute approximate surface area is 152 Å². The Morgan fingerprint density at radius 3 is 2.50 bits per heavy atom. The van der Waals surface area contributed by atoms with Crippen molar-refractivity contribution in [2.24, 2.45) is 0 Å². The molecule has 0 aliphatic heterocycles. The van der Waals surface area contributed by atoms with Gasteiger partial charge in [-0.2, -0.15) is 0 Å². The van der Waals surface area contributed by atoms with Gasteiger partial charge >= 0.3 is 0 Å². The number of aryl methyl sites for hydroxylation is 1. The first-order chi connectivity index (χ1) is 12.8. The van der Waals surface area contributed by atoms with E-state index in [0.717, 1.165) is 24.9 Å². The highest BCUT2D eigenvalue weighted by molar-refractivity contribution is 5.92. The summed E-state index contributed by atoms with van der Waals surface area (Å²) in [6.45, 7) is 1.21. The molecular formula is C20H21N5O. The minimum atomic E-state index is -0.253. The zero-order valence-corrected chi connectivity index (χ0v) is 14.4. The number of anilines is 1. The molecule has 2 N–H and O–H groups in total.